The lowest BCUT2D eigenvalue weighted by Gasteiger charge is -1.91. The SMILES string of the molecule is ON=Cc1[c]cc(F)c(F)c1. The van der Waals surface area contributed by atoms with E-state index in [2.05, 4.69) is 11.2 Å². The van der Waals surface area contributed by atoms with Crippen molar-refractivity contribution in [2.75, 3.05) is 0 Å². The van der Waals surface area contributed by atoms with Gasteiger partial charge in [0.25, 0.3) is 0 Å². The van der Waals surface area contributed by atoms with Crippen molar-refractivity contribution in [3.05, 3.63) is 35.4 Å². The topological polar surface area (TPSA) is 32.6 Å². The molecular weight excluding hydrogens is 152 g/mol. The molecule has 0 bridgehead atoms. The summed E-state index contributed by atoms with van der Waals surface area (Å²) in [5.41, 5.74) is 0.186. The number of oxime groups is 1. The van der Waals surface area contributed by atoms with E-state index in [-0.39, 0.29) is 5.56 Å². The molecule has 0 fully saturated rings. The van der Waals surface area contributed by atoms with Crippen LogP contribution in [0.3, 0.4) is 0 Å². The summed E-state index contributed by atoms with van der Waals surface area (Å²) in [5.74, 6) is -1.96. The Hall–Kier alpha value is -1.45. The Labute approximate surface area is 61.8 Å². The summed E-state index contributed by atoms with van der Waals surface area (Å²) in [5, 5.41) is 10.6. The van der Waals surface area contributed by atoms with Crippen LogP contribution in [-0.4, -0.2) is 11.4 Å². The van der Waals surface area contributed by atoms with Gasteiger partial charge in [0.15, 0.2) is 11.6 Å². The number of hydrogen-bond donors (Lipinski definition) is 1. The first-order chi connectivity index (χ1) is 5.24. The maximum absolute atomic E-state index is 12.4. The van der Waals surface area contributed by atoms with Gasteiger partial charge >= 0.3 is 0 Å². The third-order valence-corrected chi connectivity index (χ3v) is 1.07. The predicted octanol–water partition coefficient (Wildman–Crippen LogP) is 1.57. The fourth-order valence-electron chi connectivity index (χ4n) is 0.600. The van der Waals surface area contributed by atoms with Crippen molar-refractivity contribution in [2.24, 2.45) is 5.16 Å². The maximum Gasteiger partial charge on any atom is 0.159 e. The Kier molecular flexibility index (Phi) is 2.15. The molecule has 0 unspecified atom stereocenters. The molecule has 0 aliphatic carbocycles. The molecular formula is C7H4F2NO. The van der Waals surface area contributed by atoms with Crippen molar-refractivity contribution in [1.29, 1.82) is 0 Å². The number of rotatable bonds is 1. The minimum absolute atomic E-state index is 0.186. The first kappa shape index (κ1) is 7.65. The van der Waals surface area contributed by atoms with Crippen molar-refractivity contribution < 1.29 is 14.0 Å². The Morgan fingerprint density at radius 2 is 2.18 bits per heavy atom. The van der Waals surface area contributed by atoms with Gasteiger partial charge in [-0.15, -0.1) is 0 Å². The Bertz CT molecular complexity index is 286. The lowest BCUT2D eigenvalue weighted by Crippen LogP contribution is -1.87. The molecule has 0 heterocycles. The lowest BCUT2D eigenvalue weighted by atomic mass is 10.2. The van der Waals surface area contributed by atoms with Crippen LogP contribution in [0.15, 0.2) is 17.3 Å². The zero-order valence-corrected chi connectivity index (χ0v) is 5.38. The summed E-state index contributed by atoms with van der Waals surface area (Å²) in [6, 6.07) is 4.08. The number of hydrogen-bond acceptors (Lipinski definition) is 2. The molecule has 1 radical (unpaired) electrons. The van der Waals surface area contributed by atoms with E-state index in [0.29, 0.717) is 0 Å². The molecule has 4 heteroatoms. The molecule has 0 aromatic heterocycles. The Balaban J connectivity index is 3.05. The molecule has 1 aromatic rings. The summed E-state index contributed by atoms with van der Waals surface area (Å²) < 4.78 is 24.6. The quantitative estimate of drug-likeness (QED) is 0.373. The van der Waals surface area contributed by atoms with E-state index in [4.69, 9.17) is 5.21 Å². The molecule has 0 atom stereocenters. The van der Waals surface area contributed by atoms with E-state index in [9.17, 15) is 8.78 Å². The highest BCUT2D eigenvalue weighted by atomic mass is 19.2. The lowest BCUT2D eigenvalue weighted by molar-refractivity contribution is 0.322. The fraction of sp³-hybridized carbons (Fsp3) is 0. The van der Waals surface area contributed by atoms with Gasteiger partial charge in [-0.25, -0.2) is 8.78 Å². The van der Waals surface area contributed by atoms with Crippen LogP contribution in [0, 0.1) is 17.7 Å². The van der Waals surface area contributed by atoms with E-state index in [1.807, 2.05) is 0 Å². The molecule has 11 heavy (non-hydrogen) atoms. The van der Waals surface area contributed by atoms with E-state index >= 15 is 0 Å². The summed E-state index contributed by atoms with van der Waals surface area (Å²) in [6.45, 7) is 0. The molecule has 0 spiro atoms. The van der Waals surface area contributed by atoms with Gasteiger partial charge in [-0.3, -0.25) is 0 Å². The van der Waals surface area contributed by atoms with Crippen LogP contribution >= 0.6 is 0 Å². The summed E-state index contributed by atoms with van der Waals surface area (Å²) >= 11 is 0. The van der Waals surface area contributed by atoms with Gasteiger partial charge in [-0.2, -0.15) is 0 Å². The van der Waals surface area contributed by atoms with Gasteiger partial charge in [0.1, 0.15) is 0 Å². The second kappa shape index (κ2) is 3.09. The van der Waals surface area contributed by atoms with Gasteiger partial charge in [0, 0.05) is 5.56 Å². The van der Waals surface area contributed by atoms with Gasteiger partial charge in [0.05, 0.1) is 6.21 Å². The van der Waals surface area contributed by atoms with Crippen LogP contribution in [0.1, 0.15) is 5.56 Å². The van der Waals surface area contributed by atoms with E-state index in [1.165, 1.54) is 0 Å². The molecule has 2 nitrogen and oxygen atoms in total. The van der Waals surface area contributed by atoms with Gasteiger partial charge in [-0.1, -0.05) is 5.16 Å². The molecule has 1 rings (SSSR count). The summed E-state index contributed by atoms with van der Waals surface area (Å²) in [7, 11) is 0. The average molecular weight is 156 g/mol. The van der Waals surface area contributed by atoms with Crippen LogP contribution in [0.25, 0.3) is 0 Å². The van der Waals surface area contributed by atoms with Crippen LogP contribution in [0.5, 0.6) is 0 Å². The van der Waals surface area contributed by atoms with Crippen LogP contribution < -0.4 is 0 Å². The highest BCUT2D eigenvalue weighted by molar-refractivity contribution is 5.78. The van der Waals surface area contributed by atoms with Crippen LogP contribution in [0.4, 0.5) is 8.78 Å². The zero-order chi connectivity index (χ0) is 8.27. The predicted molar refractivity (Wildman–Crippen MR) is 34.6 cm³/mol. The molecule has 0 saturated carbocycles. The van der Waals surface area contributed by atoms with Crippen molar-refractivity contribution >= 4 is 6.21 Å². The normalized spacial score (nSPS) is 10.7. The number of nitrogens with zero attached hydrogens (tertiary/aromatic N) is 1. The first-order valence-electron chi connectivity index (χ1n) is 2.78. The maximum atomic E-state index is 12.4. The highest BCUT2D eigenvalue weighted by Gasteiger charge is 2.00. The van der Waals surface area contributed by atoms with Gasteiger partial charge < -0.3 is 5.21 Å². The highest BCUT2D eigenvalue weighted by Crippen LogP contribution is 2.05. The minimum Gasteiger partial charge on any atom is -0.411 e. The van der Waals surface area contributed by atoms with Gasteiger partial charge in [-0.05, 0) is 18.2 Å². The second-order valence-electron chi connectivity index (χ2n) is 1.83. The molecule has 1 aromatic carbocycles. The fourth-order valence-corrected chi connectivity index (χ4v) is 0.600. The number of benzene rings is 1. The summed E-state index contributed by atoms with van der Waals surface area (Å²) in [4.78, 5) is 0. The third-order valence-electron chi connectivity index (χ3n) is 1.07. The smallest absolute Gasteiger partial charge is 0.159 e. The summed E-state index contributed by atoms with van der Waals surface area (Å²) in [6.07, 6.45) is 0.961. The van der Waals surface area contributed by atoms with E-state index < -0.39 is 11.6 Å². The molecule has 0 amide bonds. The largest absolute Gasteiger partial charge is 0.411 e. The van der Waals surface area contributed by atoms with Crippen molar-refractivity contribution in [2.45, 2.75) is 0 Å². The average Bonchev–Trinajstić information content (AvgIpc) is 1.98. The van der Waals surface area contributed by atoms with Crippen LogP contribution in [0.2, 0.25) is 0 Å². The number of halogens is 2. The van der Waals surface area contributed by atoms with Crippen LogP contribution in [-0.2, 0) is 0 Å². The minimum atomic E-state index is -0.987. The van der Waals surface area contributed by atoms with E-state index in [1.54, 1.807) is 0 Å². The first-order valence-corrected chi connectivity index (χ1v) is 2.78. The molecule has 57 valence electrons. The standard InChI is InChI=1S/C7H4F2NO/c8-6-2-1-5(4-10-11)3-7(6)9/h2-4,11H. The van der Waals surface area contributed by atoms with Crippen molar-refractivity contribution in [3.63, 3.8) is 0 Å². The van der Waals surface area contributed by atoms with E-state index in [0.717, 1.165) is 18.3 Å². The third kappa shape index (κ3) is 1.73. The van der Waals surface area contributed by atoms with Crippen molar-refractivity contribution in [3.8, 4) is 0 Å². The van der Waals surface area contributed by atoms with Crippen molar-refractivity contribution in [1.82, 2.24) is 0 Å². The monoisotopic (exact) mass is 156 g/mol. The second-order valence-corrected chi connectivity index (χ2v) is 1.83. The van der Waals surface area contributed by atoms with Gasteiger partial charge in [0.2, 0.25) is 0 Å². The molecule has 0 aliphatic heterocycles. The molecule has 0 aliphatic rings. The molecule has 0 saturated heterocycles. The Morgan fingerprint density at radius 3 is 2.73 bits per heavy atom. The Morgan fingerprint density at radius 1 is 1.45 bits per heavy atom. The zero-order valence-electron chi connectivity index (χ0n) is 5.38. The molecule has 1 N–H and O–H groups in total.